The van der Waals surface area contributed by atoms with Gasteiger partial charge >= 0.3 is 0 Å². The molecule has 0 amide bonds. The first-order valence-electron chi connectivity index (χ1n) is 4.44. The van der Waals surface area contributed by atoms with Crippen LogP contribution < -0.4 is 5.32 Å². The largest absolute Gasteiger partial charge is 0.384 e. The zero-order valence-corrected chi connectivity index (χ0v) is 8.35. The summed E-state index contributed by atoms with van der Waals surface area (Å²) in [6, 6.07) is 7.77. The number of hydrogen-bond donors (Lipinski definition) is 1. The van der Waals surface area contributed by atoms with Crippen LogP contribution in [0.3, 0.4) is 0 Å². The first-order valence-corrected chi connectivity index (χ1v) is 4.81. The number of anilines is 1. The average molecular weight is 196 g/mol. The van der Waals surface area contributed by atoms with E-state index in [1.54, 1.807) is 0 Å². The van der Waals surface area contributed by atoms with E-state index in [2.05, 4.69) is 11.9 Å². The second-order valence-corrected chi connectivity index (χ2v) is 3.24. The monoisotopic (exact) mass is 195 g/mol. The van der Waals surface area contributed by atoms with Gasteiger partial charge in [-0.15, -0.1) is 6.58 Å². The third-order valence-electron chi connectivity index (χ3n) is 1.77. The molecule has 1 nitrogen and oxygen atoms in total. The topological polar surface area (TPSA) is 12.0 Å². The molecule has 0 aliphatic heterocycles. The third kappa shape index (κ3) is 3.51. The van der Waals surface area contributed by atoms with E-state index in [-0.39, 0.29) is 0 Å². The van der Waals surface area contributed by atoms with E-state index in [4.69, 9.17) is 11.6 Å². The van der Waals surface area contributed by atoms with E-state index in [9.17, 15) is 0 Å². The number of halogens is 1. The van der Waals surface area contributed by atoms with Crippen LogP contribution in [0.1, 0.15) is 12.8 Å². The number of para-hydroxylation sites is 1. The second-order valence-electron chi connectivity index (χ2n) is 2.84. The molecule has 0 fully saturated rings. The number of hydrogen-bond acceptors (Lipinski definition) is 1. The lowest BCUT2D eigenvalue weighted by molar-refractivity contribution is 0.891. The van der Waals surface area contributed by atoms with Crippen LogP contribution in [0.15, 0.2) is 36.9 Å². The summed E-state index contributed by atoms with van der Waals surface area (Å²) in [5.74, 6) is 0. The van der Waals surface area contributed by atoms with E-state index in [0.717, 1.165) is 30.1 Å². The van der Waals surface area contributed by atoms with E-state index < -0.39 is 0 Å². The van der Waals surface area contributed by atoms with Gasteiger partial charge in [0.1, 0.15) is 0 Å². The highest BCUT2D eigenvalue weighted by Gasteiger charge is 1.95. The number of benzene rings is 1. The molecular weight excluding hydrogens is 182 g/mol. The molecule has 1 rings (SSSR count). The van der Waals surface area contributed by atoms with Gasteiger partial charge in [-0.1, -0.05) is 29.8 Å². The summed E-state index contributed by atoms with van der Waals surface area (Å²) in [4.78, 5) is 0. The first kappa shape index (κ1) is 10.1. The van der Waals surface area contributed by atoms with Crippen molar-refractivity contribution in [2.45, 2.75) is 12.8 Å². The Hall–Kier alpha value is -0.950. The van der Waals surface area contributed by atoms with Crippen molar-refractivity contribution in [2.75, 3.05) is 11.9 Å². The number of rotatable bonds is 5. The summed E-state index contributed by atoms with van der Waals surface area (Å²) in [5.41, 5.74) is 1.01. The normalized spacial score (nSPS) is 9.62. The molecule has 0 aliphatic rings. The highest BCUT2D eigenvalue weighted by atomic mass is 35.5. The Labute approximate surface area is 84.4 Å². The quantitative estimate of drug-likeness (QED) is 0.558. The van der Waals surface area contributed by atoms with Gasteiger partial charge in [-0.25, -0.2) is 0 Å². The molecule has 0 aliphatic carbocycles. The van der Waals surface area contributed by atoms with Crippen LogP contribution in [0.2, 0.25) is 5.02 Å². The number of allylic oxidation sites excluding steroid dienone is 1. The number of unbranched alkanes of at least 4 members (excludes halogenated alkanes) is 1. The summed E-state index contributed by atoms with van der Waals surface area (Å²) in [6.07, 6.45) is 4.06. The zero-order chi connectivity index (χ0) is 9.52. The van der Waals surface area contributed by atoms with Crippen LogP contribution in [-0.2, 0) is 0 Å². The van der Waals surface area contributed by atoms with Gasteiger partial charge in [0.05, 0.1) is 10.7 Å². The average Bonchev–Trinajstić information content (AvgIpc) is 2.15. The molecular formula is C11H14ClN. The fourth-order valence-corrected chi connectivity index (χ4v) is 1.28. The van der Waals surface area contributed by atoms with E-state index in [1.807, 2.05) is 30.3 Å². The maximum absolute atomic E-state index is 5.95. The van der Waals surface area contributed by atoms with Gasteiger partial charge in [-0.3, -0.25) is 0 Å². The summed E-state index contributed by atoms with van der Waals surface area (Å²) < 4.78 is 0. The Morgan fingerprint density at radius 3 is 2.85 bits per heavy atom. The molecule has 0 heterocycles. The molecule has 0 spiro atoms. The molecule has 0 saturated heterocycles. The van der Waals surface area contributed by atoms with Gasteiger partial charge < -0.3 is 5.32 Å². The highest BCUT2D eigenvalue weighted by Crippen LogP contribution is 2.20. The van der Waals surface area contributed by atoms with Crippen LogP contribution in [-0.4, -0.2) is 6.54 Å². The van der Waals surface area contributed by atoms with Gasteiger partial charge in [0.15, 0.2) is 0 Å². The van der Waals surface area contributed by atoms with Crippen LogP contribution >= 0.6 is 11.6 Å². The van der Waals surface area contributed by atoms with Crippen molar-refractivity contribution >= 4 is 17.3 Å². The van der Waals surface area contributed by atoms with E-state index in [0.29, 0.717) is 0 Å². The smallest absolute Gasteiger partial charge is 0.0637 e. The molecule has 1 aromatic rings. The lowest BCUT2D eigenvalue weighted by Gasteiger charge is -2.06. The van der Waals surface area contributed by atoms with Crippen molar-refractivity contribution in [1.82, 2.24) is 0 Å². The van der Waals surface area contributed by atoms with E-state index in [1.165, 1.54) is 0 Å². The fraction of sp³-hybridized carbons (Fsp3) is 0.273. The first-order chi connectivity index (χ1) is 6.34. The third-order valence-corrected chi connectivity index (χ3v) is 2.10. The van der Waals surface area contributed by atoms with Gasteiger partial charge in [0.2, 0.25) is 0 Å². The minimum atomic E-state index is 0.779. The maximum Gasteiger partial charge on any atom is 0.0637 e. The standard InChI is InChI=1S/C11H14ClN/c1-2-3-6-9-13-11-8-5-4-7-10(11)12/h2,4-5,7-8,13H,1,3,6,9H2. The van der Waals surface area contributed by atoms with Crippen molar-refractivity contribution in [3.63, 3.8) is 0 Å². The minimum Gasteiger partial charge on any atom is -0.384 e. The second kappa shape index (κ2) is 5.65. The predicted octanol–water partition coefficient (Wildman–Crippen LogP) is 3.72. The molecule has 0 radical (unpaired) electrons. The molecule has 13 heavy (non-hydrogen) atoms. The van der Waals surface area contributed by atoms with Crippen LogP contribution in [0, 0.1) is 0 Å². The van der Waals surface area contributed by atoms with Crippen molar-refractivity contribution < 1.29 is 0 Å². The Kier molecular flexibility index (Phi) is 4.41. The Morgan fingerprint density at radius 1 is 1.38 bits per heavy atom. The molecule has 2 heteroatoms. The molecule has 1 N–H and O–H groups in total. The van der Waals surface area contributed by atoms with Gasteiger partial charge in [-0.2, -0.15) is 0 Å². The molecule has 0 atom stereocenters. The van der Waals surface area contributed by atoms with Crippen molar-refractivity contribution in [3.05, 3.63) is 41.9 Å². The molecule has 70 valence electrons. The zero-order valence-electron chi connectivity index (χ0n) is 7.59. The Balaban J connectivity index is 2.36. The van der Waals surface area contributed by atoms with Crippen LogP contribution in [0.25, 0.3) is 0 Å². The molecule has 1 aromatic carbocycles. The van der Waals surface area contributed by atoms with Crippen molar-refractivity contribution in [3.8, 4) is 0 Å². The summed E-state index contributed by atoms with van der Waals surface area (Å²) >= 11 is 5.95. The van der Waals surface area contributed by atoms with Crippen molar-refractivity contribution in [2.24, 2.45) is 0 Å². The fourth-order valence-electron chi connectivity index (χ4n) is 1.07. The summed E-state index contributed by atoms with van der Waals surface area (Å²) in [6.45, 7) is 4.61. The SMILES string of the molecule is C=CCCCNc1ccccc1Cl. The summed E-state index contributed by atoms with van der Waals surface area (Å²) in [5, 5.41) is 4.05. The molecule has 0 saturated carbocycles. The Morgan fingerprint density at radius 2 is 2.15 bits per heavy atom. The predicted molar refractivity (Wildman–Crippen MR) is 59.4 cm³/mol. The minimum absolute atomic E-state index is 0.779. The number of nitrogens with one attached hydrogen (secondary N) is 1. The molecule has 0 aromatic heterocycles. The van der Waals surface area contributed by atoms with Crippen LogP contribution in [0.5, 0.6) is 0 Å². The van der Waals surface area contributed by atoms with Gasteiger partial charge in [0.25, 0.3) is 0 Å². The molecule has 0 bridgehead atoms. The van der Waals surface area contributed by atoms with Gasteiger partial charge in [0, 0.05) is 6.54 Å². The van der Waals surface area contributed by atoms with Crippen LogP contribution in [0.4, 0.5) is 5.69 Å². The summed E-state index contributed by atoms with van der Waals surface area (Å²) in [7, 11) is 0. The van der Waals surface area contributed by atoms with E-state index >= 15 is 0 Å². The lowest BCUT2D eigenvalue weighted by atomic mass is 10.3. The maximum atomic E-state index is 5.95. The molecule has 0 unspecified atom stereocenters. The van der Waals surface area contributed by atoms with Crippen molar-refractivity contribution in [1.29, 1.82) is 0 Å². The lowest BCUT2D eigenvalue weighted by Crippen LogP contribution is -2.00. The Bertz CT molecular complexity index is 271. The highest BCUT2D eigenvalue weighted by molar-refractivity contribution is 6.33. The van der Waals surface area contributed by atoms with Gasteiger partial charge in [-0.05, 0) is 25.0 Å².